The molecule has 2 aromatic carbocycles. The number of fused-ring (bicyclic) bond motifs is 1. The van der Waals surface area contributed by atoms with Gasteiger partial charge in [-0.05, 0) is 78.6 Å². The Morgan fingerprint density at radius 3 is 2.56 bits per heavy atom. The Morgan fingerprint density at radius 2 is 1.85 bits per heavy atom. The van der Waals surface area contributed by atoms with Gasteiger partial charge in [-0.25, -0.2) is 4.68 Å². The van der Waals surface area contributed by atoms with Crippen LogP contribution in [-0.4, -0.2) is 76.1 Å². The molecule has 2 saturated heterocycles. The number of hydrogen-bond acceptors (Lipinski definition) is 8. The van der Waals surface area contributed by atoms with Crippen LogP contribution in [0.15, 0.2) is 47.3 Å². The SMILES string of the molecule is COc1ccc(N2CCN([C@@H](c3cc4c(C)ccc(C)c4[nH]c3=O)c3nnnn3C[C@H]3CCCO3)CC2)cc1. The molecule has 10 nitrogen and oxygen atoms in total. The third-order valence-electron chi connectivity index (χ3n) is 8.09. The third-order valence-corrected chi connectivity index (χ3v) is 8.09. The van der Waals surface area contributed by atoms with Crippen molar-refractivity contribution in [3.05, 3.63) is 75.3 Å². The molecule has 0 unspecified atom stereocenters. The van der Waals surface area contributed by atoms with Gasteiger partial charge in [0.25, 0.3) is 5.56 Å². The Kier molecular flexibility index (Phi) is 7.05. The molecule has 39 heavy (non-hydrogen) atoms. The van der Waals surface area contributed by atoms with Crippen LogP contribution in [0.2, 0.25) is 0 Å². The lowest BCUT2D eigenvalue weighted by atomic mass is 9.99. The van der Waals surface area contributed by atoms with Crippen molar-refractivity contribution in [1.82, 2.24) is 30.1 Å². The lowest BCUT2D eigenvalue weighted by Crippen LogP contribution is -2.49. The molecular formula is C29H35N7O3. The molecule has 2 atom stereocenters. The predicted molar refractivity (Wildman–Crippen MR) is 149 cm³/mol. The molecule has 10 heteroatoms. The first-order chi connectivity index (χ1) is 19.0. The van der Waals surface area contributed by atoms with E-state index in [9.17, 15) is 4.79 Å². The van der Waals surface area contributed by atoms with Gasteiger partial charge in [0.15, 0.2) is 5.82 Å². The Morgan fingerprint density at radius 1 is 1.08 bits per heavy atom. The quantitative estimate of drug-likeness (QED) is 0.390. The minimum atomic E-state index is -0.382. The summed E-state index contributed by atoms with van der Waals surface area (Å²) in [6.07, 6.45) is 2.11. The second-order valence-corrected chi connectivity index (χ2v) is 10.5. The lowest BCUT2D eigenvalue weighted by Gasteiger charge is -2.39. The zero-order valence-corrected chi connectivity index (χ0v) is 22.8. The van der Waals surface area contributed by atoms with Gasteiger partial charge < -0.3 is 19.4 Å². The number of tetrazole rings is 1. The van der Waals surface area contributed by atoms with Gasteiger partial charge in [0.1, 0.15) is 11.8 Å². The van der Waals surface area contributed by atoms with E-state index in [-0.39, 0.29) is 17.7 Å². The topological polar surface area (TPSA) is 101 Å². The van der Waals surface area contributed by atoms with Gasteiger partial charge in [-0.2, -0.15) is 0 Å². The van der Waals surface area contributed by atoms with Gasteiger partial charge in [0, 0.05) is 49.4 Å². The van der Waals surface area contributed by atoms with E-state index in [4.69, 9.17) is 9.47 Å². The van der Waals surface area contributed by atoms with Crippen LogP contribution >= 0.6 is 0 Å². The minimum Gasteiger partial charge on any atom is -0.497 e. The van der Waals surface area contributed by atoms with Gasteiger partial charge >= 0.3 is 0 Å². The highest BCUT2D eigenvalue weighted by Crippen LogP contribution is 2.31. The van der Waals surface area contributed by atoms with Crippen LogP contribution < -0.4 is 15.2 Å². The first-order valence-electron chi connectivity index (χ1n) is 13.7. The van der Waals surface area contributed by atoms with Crippen LogP contribution in [0.3, 0.4) is 0 Å². The van der Waals surface area contributed by atoms with E-state index in [1.807, 2.05) is 35.9 Å². The number of aromatic amines is 1. The summed E-state index contributed by atoms with van der Waals surface area (Å²) in [5, 5.41) is 13.9. The summed E-state index contributed by atoms with van der Waals surface area (Å²) in [5.41, 5.74) is 4.76. The molecule has 4 aromatic rings. The number of piperazine rings is 1. The molecule has 4 heterocycles. The van der Waals surface area contributed by atoms with Crippen molar-refractivity contribution in [2.75, 3.05) is 44.8 Å². The number of ether oxygens (including phenoxy) is 2. The van der Waals surface area contributed by atoms with Gasteiger partial charge in [-0.3, -0.25) is 9.69 Å². The van der Waals surface area contributed by atoms with E-state index in [0.29, 0.717) is 17.9 Å². The summed E-state index contributed by atoms with van der Waals surface area (Å²) in [7, 11) is 1.68. The van der Waals surface area contributed by atoms with E-state index in [0.717, 1.165) is 79.1 Å². The van der Waals surface area contributed by atoms with Crippen molar-refractivity contribution in [2.45, 2.75) is 45.4 Å². The molecule has 0 spiro atoms. The smallest absolute Gasteiger partial charge is 0.253 e. The van der Waals surface area contributed by atoms with Gasteiger partial charge in [-0.1, -0.05) is 12.1 Å². The van der Waals surface area contributed by atoms with Crippen LogP contribution in [0.5, 0.6) is 5.75 Å². The van der Waals surface area contributed by atoms with Gasteiger partial charge in [-0.15, -0.1) is 5.10 Å². The van der Waals surface area contributed by atoms with Crippen molar-refractivity contribution in [3.8, 4) is 5.75 Å². The Balaban J connectivity index is 1.36. The lowest BCUT2D eigenvalue weighted by molar-refractivity contribution is 0.0906. The van der Waals surface area contributed by atoms with Crippen LogP contribution in [0.1, 0.15) is 41.4 Å². The second-order valence-electron chi connectivity index (χ2n) is 10.5. The fourth-order valence-electron chi connectivity index (χ4n) is 5.84. The van der Waals surface area contributed by atoms with E-state index in [2.05, 4.69) is 55.4 Å². The average molecular weight is 530 g/mol. The molecule has 0 aliphatic carbocycles. The van der Waals surface area contributed by atoms with Crippen molar-refractivity contribution in [1.29, 1.82) is 0 Å². The number of aryl methyl sites for hydroxylation is 2. The van der Waals surface area contributed by atoms with Crippen LogP contribution in [-0.2, 0) is 11.3 Å². The van der Waals surface area contributed by atoms with E-state index >= 15 is 0 Å². The van der Waals surface area contributed by atoms with Crippen molar-refractivity contribution >= 4 is 16.6 Å². The molecule has 0 saturated carbocycles. The highest BCUT2D eigenvalue weighted by molar-refractivity contribution is 5.85. The molecule has 2 aromatic heterocycles. The molecule has 0 amide bonds. The predicted octanol–water partition coefficient (Wildman–Crippen LogP) is 3.23. The summed E-state index contributed by atoms with van der Waals surface area (Å²) in [5.74, 6) is 1.52. The molecule has 6 rings (SSSR count). The summed E-state index contributed by atoms with van der Waals surface area (Å²) in [4.78, 5) is 21.5. The van der Waals surface area contributed by atoms with Crippen LogP contribution in [0, 0.1) is 13.8 Å². The van der Waals surface area contributed by atoms with Gasteiger partial charge in [0.2, 0.25) is 0 Å². The number of methoxy groups -OCH3 is 1. The first-order valence-corrected chi connectivity index (χ1v) is 13.7. The first kappa shape index (κ1) is 25.5. The Hall–Kier alpha value is -3.76. The number of nitrogens with zero attached hydrogens (tertiary/aromatic N) is 6. The molecule has 1 N–H and O–H groups in total. The largest absolute Gasteiger partial charge is 0.497 e. The molecule has 2 aliphatic heterocycles. The van der Waals surface area contributed by atoms with Crippen molar-refractivity contribution in [2.24, 2.45) is 0 Å². The normalized spacial score (nSPS) is 19.1. The fourth-order valence-corrected chi connectivity index (χ4v) is 5.84. The number of H-pyrrole nitrogens is 1. The number of benzene rings is 2. The average Bonchev–Trinajstić information content (AvgIpc) is 3.65. The van der Waals surface area contributed by atoms with Crippen molar-refractivity contribution < 1.29 is 9.47 Å². The van der Waals surface area contributed by atoms with Crippen LogP contribution in [0.4, 0.5) is 5.69 Å². The highest BCUT2D eigenvalue weighted by Gasteiger charge is 2.33. The molecule has 204 valence electrons. The number of aromatic nitrogens is 5. The van der Waals surface area contributed by atoms with E-state index in [1.165, 1.54) is 0 Å². The summed E-state index contributed by atoms with van der Waals surface area (Å²) in [6, 6.07) is 14.0. The minimum absolute atomic E-state index is 0.0830. The maximum Gasteiger partial charge on any atom is 0.253 e. The zero-order valence-electron chi connectivity index (χ0n) is 22.8. The Labute approximate surface area is 227 Å². The summed E-state index contributed by atoms with van der Waals surface area (Å²) >= 11 is 0. The monoisotopic (exact) mass is 529 g/mol. The molecule has 2 aliphatic rings. The number of anilines is 1. The number of pyridine rings is 1. The second kappa shape index (κ2) is 10.8. The summed E-state index contributed by atoms with van der Waals surface area (Å²) in [6.45, 7) is 8.60. The maximum atomic E-state index is 13.7. The maximum absolute atomic E-state index is 13.7. The number of rotatable bonds is 7. The third kappa shape index (κ3) is 5.02. The van der Waals surface area contributed by atoms with E-state index < -0.39 is 0 Å². The Bertz CT molecular complexity index is 1500. The molecule has 0 radical (unpaired) electrons. The number of nitrogens with one attached hydrogen (secondary N) is 1. The van der Waals surface area contributed by atoms with Crippen LogP contribution in [0.25, 0.3) is 10.9 Å². The van der Waals surface area contributed by atoms with E-state index in [1.54, 1.807) is 7.11 Å². The summed E-state index contributed by atoms with van der Waals surface area (Å²) < 4.78 is 13.0. The molecular weight excluding hydrogens is 494 g/mol. The zero-order chi connectivity index (χ0) is 26.9. The molecule has 0 bridgehead atoms. The van der Waals surface area contributed by atoms with Gasteiger partial charge in [0.05, 0.1) is 25.3 Å². The standard InChI is InChI=1S/C29H35N7O3/c1-19-6-7-20(2)26-24(19)17-25(29(37)30-26)27(28-31-32-33-36(28)18-23-5-4-16-39-23)35-14-12-34(13-15-35)21-8-10-22(38-3)11-9-21/h6-11,17,23,27H,4-5,12-16,18H2,1-3H3,(H,30,37)/t23-,27+/m1/s1. The number of hydrogen-bond donors (Lipinski definition) is 1. The highest BCUT2D eigenvalue weighted by atomic mass is 16.5. The molecule has 2 fully saturated rings. The fraction of sp³-hybridized carbons (Fsp3) is 0.448. The van der Waals surface area contributed by atoms with Crippen molar-refractivity contribution in [3.63, 3.8) is 0 Å².